The fourth-order valence-corrected chi connectivity index (χ4v) is 10.2. The molecule has 1 aliphatic heterocycles. The Morgan fingerprint density at radius 2 is 1.93 bits per heavy atom. The normalized spacial score (nSPS) is 38.1. The highest BCUT2D eigenvalue weighted by Gasteiger charge is 2.59. The van der Waals surface area contributed by atoms with E-state index in [1.807, 2.05) is 6.07 Å². The first-order valence-electron chi connectivity index (χ1n) is 16.0. The summed E-state index contributed by atoms with van der Waals surface area (Å²) in [5.74, 6) is 4.56. The summed E-state index contributed by atoms with van der Waals surface area (Å²) in [6.45, 7) is 10.6. The monoisotopic (exact) mass is 550 g/mol. The van der Waals surface area contributed by atoms with Gasteiger partial charge in [0.05, 0.1) is 19.4 Å². The lowest BCUT2D eigenvalue weighted by Crippen LogP contribution is -2.51. The molecular weight excluding hydrogens is 500 g/mol. The average molecular weight is 551 g/mol. The first-order chi connectivity index (χ1) is 19.2. The van der Waals surface area contributed by atoms with Gasteiger partial charge in [-0.1, -0.05) is 32.4 Å². The van der Waals surface area contributed by atoms with Gasteiger partial charge in [0, 0.05) is 32.6 Å². The van der Waals surface area contributed by atoms with Crippen LogP contribution in [0.2, 0.25) is 0 Å². The van der Waals surface area contributed by atoms with Crippen molar-refractivity contribution in [1.29, 1.82) is 0 Å². The third-order valence-electron chi connectivity index (χ3n) is 12.5. The fourth-order valence-electron chi connectivity index (χ4n) is 10.2. The average Bonchev–Trinajstić information content (AvgIpc) is 3.33. The van der Waals surface area contributed by atoms with Crippen LogP contribution in [-0.4, -0.2) is 65.5 Å². The Morgan fingerprint density at radius 3 is 2.70 bits per heavy atom. The van der Waals surface area contributed by atoms with Crippen LogP contribution in [0.25, 0.3) is 0 Å². The minimum absolute atomic E-state index is 0.129. The Labute approximate surface area is 240 Å². The van der Waals surface area contributed by atoms with E-state index in [9.17, 15) is 9.90 Å². The number of carbonyl (C=O) groups excluding carboxylic acids is 1. The summed E-state index contributed by atoms with van der Waals surface area (Å²) in [6, 6.07) is 1.94. The summed E-state index contributed by atoms with van der Waals surface area (Å²) in [7, 11) is 1.62. The zero-order valence-corrected chi connectivity index (χ0v) is 25.1. The van der Waals surface area contributed by atoms with E-state index in [1.54, 1.807) is 18.9 Å². The number of rotatable bonds is 6. The molecule has 5 aliphatic rings. The number of methoxy groups -OCH3 is 1. The van der Waals surface area contributed by atoms with Gasteiger partial charge >= 0.3 is 0 Å². The van der Waals surface area contributed by atoms with Crippen LogP contribution in [0.15, 0.2) is 23.9 Å². The number of hydrogen-bond donors (Lipinski definition) is 1. The van der Waals surface area contributed by atoms with Crippen molar-refractivity contribution >= 4 is 11.6 Å². The van der Waals surface area contributed by atoms with Crippen molar-refractivity contribution in [3.63, 3.8) is 0 Å². The van der Waals surface area contributed by atoms with E-state index in [0.717, 1.165) is 81.2 Å². The van der Waals surface area contributed by atoms with Gasteiger partial charge in [-0.05, 0) is 104 Å². The summed E-state index contributed by atoms with van der Waals surface area (Å²) in [6.07, 6.45) is 15.4. The summed E-state index contributed by atoms with van der Waals surface area (Å²) < 4.78 is 5.39. The van der Waals surface area contributed by atoms with Crippen LogP contribution in [-0.2, 0) is 4.79 Å². The quantitative estimate of drug-likeness (QED) is 0.472. The fraction of sp³-hybridized carbons (Fsp3) is 0.788. The molecule has 4 aliphatic carbocycles. The summed E-state index contributed by atoms with van der Waals surface area (Å²) in [5.41, 5.74) is 3.23. The van der Waals surface area contributed by atoms with Crippen molar-refractivity contribution in [3.8, 4) is 5.88 Å². The maximum absolute atomic E-state index is 13.3. The van der Waals surface area contributed by atoms with Crippen molar-refractivity contribution in [2.45, 2.75) is 91.1 Å². The Hall–Kier alpha value is -2.15. The van der Waals surface area contributed by atoms with Crippen molar-refractivity contribution in [3.05, 3.63) is 23.9 Å². The molecule has 7 nitrogen and oxygen atoms in total. The van der Waals surface area contributed by atoms with Crippen LogP contribution in [0.5, 0.6) is 5.88 Å². The smallest absolute Gasteiger partial charge is 0.257 e. The van der Waals surface area contributed by atoms with Gasteiger partial charge in [0.1, 0.15) is 5.69 Å². The van der Waals surface area contributed by atoms with Gasteiger partial charge in [-0.25, -0.2) is 0 Å². The van der Waals surface area contributed by atoms with Gasteiger partial charge in [0.15, 0.2) is 0 Å². The highest BCUT2D eigenvalue weighted by Crippen LogP contribution is 2.67. The molecule has 0 spiro atoms. The van der Waals surface area contributed by atoms with Gasteiger partial charge in [-0.15, -0.1) is 5.10 Å². The number of carbonyl (C=O) groups is 1. The molecule has 40 heavy (non-hydrogen) atoms. The van der Waals surface area contributed by atoms with Crippen LogP contribution in [0, 0.1) is 40.4 Å². The van der Waals surface area contributed by atoms with E-state index in [0.29, 0.717) is 35.0 Å². The lowest BCUT2D eigenvalue weighted by atomic mass is 9.47. The SMILES string of the molecule is COc1nnccc1N1CCN(C(=O)CC[C@@H](C)[C@H]2CC[C@H]3[C@@H]4CC=C5C[C@@H](O)CC[C@]5(C)[C@H]4CC[C@]23C)CC1. The molecule has 1 saturated heterocycles. The molecule has 4 fully saturated rings. The number of aliphatic hydroxyl groups excluding tert-OH is 1. The number of allylic oxidation sites excluding steroid dienone is 1. The number of fused-ring (bicyclic) bond motifs is 5. The third kappa shape index (κ3) is 4.74. The second kappa shape index (κ2) is 10.9. The van der Waals surface area contributed by atoms with E-state index < -0.39 is 0 Å². The van der Waals surface area contributed by atoms with Crippen LogP contribution in [0.1, 0.15) is 85.0 Å². The molecule has 8 atom stereocenters. The largest absolute Gasteiger partial charge is 0.478 e. The second-order valence-corrected chi connectivity index (χ2v) is 14.2. The molecule has 0 bridgehead atoms. The van der Waals surface area contributed by atoms with Crippen molar-refractivity contribution in [2.75, 3.05) is 38.2 Å². The van der Waals surface area contributed by atoms with E-state index >= 15 is 0 Å². The number of hydrogen-bond acceptors (Lipinski definition) is 6. The van der Waals surface area contributed by atoms with E-state index in [1.165, 1.54) is 32.1 Å². The molecular formula is C33H50N4O3. The number of ether oxygens (including phenoxy) is 1. The molecule has 0 radical (unpaired) electrons. The number of anilines is 1. The number of piperazine rings is 1. The molecule has 2 heterocycles. The molecule has 0 aromatic carbocycles. The zero-order valence-electron chi connectivity index (χ0n) is 25.1. The molecule has 220 valence electrons. The Balaban J connectivity index is 1.04. The molecule has 1 aromatic rings. The highest BCUT2D eigenvalue weighted by molar-refractivity contribution is 5.76. The van der Waals surface area contributed by atoms with Crippen LogP contribution in [0.3, 0.4) is 0 Å². The van der Waals surface area contributed by atoms with E-state index in [-0.39, 0.29) is 6.10 Å². The highest BCUT2D eigenvalue weighted by atomic mass is 16.5. The van der Waals surface area contributed by atoms with E-state index in [2.05, 4.69) is 46.8 Å². The molecule has 1 amide bonds. The van der Waals surface area contributed by atoms with Crippen molar-refractivity contribution in [1.82, 2.24) is 15.1 Å². The first kappa shape index (κ1) is 28.0. The van der Waals surface area contributed by atoms with Crippen molar-refractivity contribution < 1.29 is 14.6 Å². The Kier molecular flexibility index (Phi) is 7.64. The minimum atomic E-state index is -0.129. The van der Waals surface area contributed by atoms with Gasteiger partial charge in [-0.2, -0.15) is 5.10 Å². The van der Waals surface area contributed by atoms with E-state index in [4.69, 9.17) is 4.74 Å². The van der Waals surface area contributed by atoms with Crippen molar-refractivity contribution in [2.24, 2.45) is 40.4 Å². The van der Waals surface area contributed by atoms with Gasteiger partial charge in [0.2, 0.25) is 5.91 Å². The number of aromatic nitrogens is 2. The lowest BCUT2D eigenvalue weighted by Gasteiger charge is -2.58. The van der Waals surface area contributed by atoms with Crippen LogP contribution >= 0.6 is 0 Å². The third-order valence-corrected chi connectivity index (χ3v) is 12.5. The zero-order chi connectivity index (χ0) is 28.1. The predicted octanol–water partition coefficient (Wildman–Crippen LogP) is 5.49. The summed E-state index contributed by atoms with van der Waals surface area (Å²) in [5, 5.41) is 18.3. The number of amides is 1. The topological polar surface area (TPSA) is 78.8 Å². The predicted molar refractivity (Wildman–Crippen MR) is 157 cm³/mol. The summed E-state index contributed by atoms with van der Waals surface area (Å²) >= 11 is 0. The van der Waals surface area contributed by atoms with Gasteiger partial charge in [0.25, 0.3) is 5.88 Å². The van der Waals surface area contributed by atoms with Gasteiger partial charge in [-0.3, -0.25) is 4.79 Å². The minimum Gasteiger partial charge on any atom is -0.478 e. The molecule has 6 rings (SSSR count). The van der Waals surface area contributed by atoms with Crippen LogP contribution in [0.4, 0.5) is 5.69 Å². The second-order valence-electron chi connectivity index (χ2n) is 14.2. The maximum Gasteiger partial charge on any atom is 0.257 e. The Morgan fingerprint density at radius 1 is 1.12 bits per heavy atom. The molecule has 1 N–H and O–H groups in total. The number of nitrogens with zero attached hydrogens (tertiary/aromatic N) is 4. The maximum atomic E-state index is 13.3. The molecule has 0 unspecified atom stereocenters. The first-order valence-corrected chi connectivity index (χ1v) is 16.0. The standard InChI is InChI=1S/C33H50N4O3/c1-22(5-10-30(39)37-19-17-36(18-20-37)29-13-16-34-35-31(29)40-4)26-8-9-27-25-7-6-23-21-24(38)11-14-32(23,2)28(25)12-15-33(26,27)3/h6,13,16,22,24-28,38H,5,7-12,14-15,17-21H2,1-4H3/t22-,24+,25+,26-,27+,28+,32+,33-/m1/s1. The lowest BCUT2D eigenvalue weighted by molar-refractivity contribution is -0.132. The number of aliphatic hydroxyl groups is 1. The van der Waals surface area contributed by atoms with Crippen LogP contribution < -0.4 is 9.64 Å². The summed E-state index contributed by atoms with van der Waals surface area (Å²) in [4.78, 5) is 17.6. The Bertz CT molecular complexity index is 1120. The molecule has 1 aromatic heterocycles. The van der Waals surface area contributed by atoms with Gasteiger partial charge < -0.3 is 19.6 Å². The molecule has 3 saturated carbocycles. The molecule has 7 heteroatoms.